The highest BCUT2D eigenvalue weighted by molar-refractivity contribution is 6.07. The van der Waals surface area contributed by atoms with E-state index in [1.165, 1.54) is 0 Å². The molecule has 7 heteroatoms. The van der Waals surface area contributed by atoms with Crippen LogP contribution in [0, 0.1) is 6.92 Å². The van der Waals surface area contributed by atoms with Gasteiger partial charge in [0.15, 0.2) is 0 Å². The molecule has 1 aliphatic rings. The largest absolute Gasteiger partial charge is 0.343 e. The lowest BCUT2D eigenvalue weighted by Crippen LogP contribution is -2.26. The van der Waals surface area contributed by atoms with Crippen LogP contribution in [0.4, 0.5) is 0 Å². The van der Waals surface area contributed by atoms with Crippen molar-refractivity contribution in [3.05, 3.63) is 71.0 Å². The average Bonchev–Trinajstić information content (AvgIpc) is 3.26. The van der Waals surface area contributed by atoms with Gasteiger partial charge in [0.25, 0.3) is 5.91 Å². The normalized spacial score (nSPS) is 13.2. The highest BCUT2D eigenvalue weighted by atomic mass is 16.5. The maximum absolute atomic E-state index is 13.3. The molecule has 0 fully saturated rings. The number of aryl methyl sites for hydroxylation is 2. The van der Waals surface area contributed by atoms with Crippen molar-refractivity contribution in [2.75, 3.05) is 0 Å². The molecule has 0 bridgehead atoms. The molecule has 1 amide bonds. The van der Waals surface area contributed by atoms with Crippen LogP contribution in [0.25, 0.3) is 22.3 Å². The van der Waals surface area contributed by atoms with E-state index in [0.29, 0.717) is 11.7 Å². The van der Waals surface area contributed by atoms with E-state index in [9.17, 15) is 4.79 Å². The second-order valence-corrected chi connectivity index (χ2v) is 7.57. The summed E-state index contributed by atoms with van der Waals surface area (Å²) in [4.78, 5) is 26.5. The molecule has 3 aromatic heterocycles. The molecular weight excluding hydrogens is 378 g/mol. The molecule has 0 unspecified atom stereocenters. The Morgan fingerprint density at radius 1 is 1.10 bits per heavy atom. The van der Waals surface area contributed by atoms with Crippen LogP contribution in [0.2, 0.25) is 0 Å². The van der Waals surface area contributed by atoms with E-state index in [-0.39, 0.29) is 12.5 Å². The van der Waals surface area contributed by atoms with Gasteiger partial charge in [-0.15, -0.1) is 0 Å². The van der Waals surface area contributed by atoms with E-state index in [0.717, 1.165) is 64.5 Å². The van der Waals surface area contributed by atoms with Gasteiger partial charge in [0.1, 0.15) is 0 Å². The molecule has 1 aromatic carbocycles. The smallest absolute Gasteiger partial charge is 0.252 e. The number of fused-ring (bicyclic) bond motifs is 2. The number of rotatable bonds is 4. The summed E-state index contributed by atoms with van der Waals surface area (Å²) in [5.74, 6) is 0.706. The first kappa shape index (κ1) is 18.4. The molecule has 3 heterocycles. The predicted molar refractivity (Wildman–Crippen MR) is 112 cm³/mol. The van der Waals surface area contributed by atoms with Crippen LogP contribution in [0.1, 0.15) is 45.9 Å². The summed E-state index contributed by atoms with van der Waals surface area (Å²) >= 11 is 0. The van der Waals surface area contributed by atoms with Crippen molar-refractivity contribution in [3.63, 3.8) is 0 Å². The average molecular weight is 399 g/mol. The van der Waals surface area contributed by atoms with Gasteiger partial charge in [-0.1, -0.05) is 16.8 Å². The SMILES string of the molecule is Cc1ccc2nc3c(c(C(=O)NCc4nc(-c5ccncc5)no4)c2c1)CCCC3. The number of carbonyl (C=O) groups is 1. The fourth-order valence-electron chi connectivity index (χ4n) is 3.99. The summed E-state index contributed by atoms with van der Waals surface area (Å²) in [6.07, 6.45) is 7.32. The molecule has 30 heavy (non-hydrogen) atoms. The quantitative estimate of drug-likeness (QED) is 0.561. The van der Waals surface area contributed by atoms with Crippen LogP contribution in [-0.4, -0.2) is 26.0 Å². The maximum atomic E-state index is 13.3. The number of pyridine rings is 2. The van der Waals surface area contributed by atoms with E-state index in [1.54, 1.807) is 12.4 Å². The molecule has 0 saturated heterocycles. The fourth-order valence-corrected chi connectivity index (χ4v) is 3.99. The number of carbonyl (C=O) groups excluding carboxylic acids is 1. The molecular formula is C23H21N5O2. The summed E-state index contributed by atoms with van der Waals surface area (Å²) in [5, 5.41) is 7.86. The van der Waals surface area contributed by atoms with Crippen LogP contribution < -0.4 is 5.32 Å². The lowest BCUT2D eigenvalue weighted by molar-refractivity contribution is 0.0946. The van der Waals surface area contributed by atoms with Crippen LogP contribution in [0.15, 0.2) is 47.2 Å². The third kappa shape index (κ3) is 3.43. The van der Waals surface area contributed by atoms with Gasteiger partial charge in [0.05, 0.1) is 17.6 Å². The Morgan fingerprint density at radius 3 is 2.80 bits per heavy atom. The zero-order chi connectivity index (χ0) is 20.5. The molecule has 0 saturated carbocycles. The molecule has 7 nitrogen and oxygen atoms in total. The Labute approximate surface area is 173 Å². The second kappa shape index (κ2) is 7.67. The number of aromatic nitrogens is 4. The van der Waals surface area contributed by atoms with Gasteiger partial charge in [0, 0.05) is 29.0 Å². The predicted octanol–water partition coefficient (Wildman–Crippen LogP) is 3.80. The third-order valence-corrected chi connectivity index (χ3v) is 5.45. The lowest BCUT2D eigenvalue weighted by atomic mass is 9.89. The van der Waals surface area contributed by atoms with Crippen LogP contribution >= 0.6 is 0 Å². The van der Waals surface area contributed by atoms with Crippen LogP contribution in [0.5, 0.6) is 0 Å². The van der Waals surface area contributed by atoms with E-state index < -0.39 is 0 Å². The fraction of sp³-hybridized carbons (Fsp3) is 0.261. The zero-order valence-electron chi connectivity index (χ0n) is 16.7. The number of nitrogens with zero attached hydrogens (tertiary/aromatic N) is 4. The Hall–Kier alpha value is -3.61. The standard InChI is InChI=1S/C23H21N5O2/c1-14-6-7-19-17(12-14)21(16-4-2-3-5-18(16)26-19)23(29)25-13-20-27-22(28-30-20)15-8-10-24-11-9-15/h6-12H,2-5,13H2,1H3,(H,25,29). The Morgan fingerprint density at radius 2 is 1.93 bits per heavy atom. The van der Waals surface area contributed by atoms with Crippen molar-refractivity contribution in [2.24, 2.45) is 0 Å². The Balaban J connectivity index is 1.44. The van der Waals surface area contributed by atoms with E-state index >= 15 is 0 Å². The van der Waals surface area contributed by atoms with Crippen molar-refractivity contribution in [1.82, 2.24) is 25.4 Å². The van der Waals surface area contributed by atoms with Gasteiger partial charge in [-0.2, -0.15) is 4.98 Å². The van der Waals surface area contributed by atoms with Crippen LogP contribution in [0.3, 0.4) is 0 Å². The van der Waals surface area contributed by atoms with Gasteiger partial charge >= 0.3 is 0 Å². The first-order chi connectivity index (χ1) is 14.7. The van der Waals surface area contributed by atoms with E-state index in [4.69, 9.17) is 9.51 Å². The number of nitrogens with one attached hydrogen (secondary N) is 1. The first-order valence-electron chi connectivity index (χ1n) is 10.1. The molecule has 1 aliphatic carbocycles. The summed E-state index contributed by atoms with van der Waals surface area (Å²) in [6.45, 7) is 2.20. The highest BCUT2D eigenvalue weighted by Crippen LogP contribution is 2.30. The summed E-state index contributed by atoms with van der Waals surface area (Å²) in [5.41, 5.74) is 5.63. The van der Waals surface area contributed by atoms with Gasteiger partial charge < -0.3 is 9.84 Å². The number of amides is 1. The molecule has 0 spiro atoms. The Bertz CT molecular complexity index is 1230. The van der Waals surface area contributed by atoms with Crippen LogP contribution in [-0.2, 0) is 19.4 Å². The van der Waals surface area contributed by atoms with Crippen molar-refractivity contribution in [3.8, 4) is 11.4 Å². The second-order valence-electron chi connectivity index (χ2n) is 7.57. The molecule has 150 valence electrons. The summed E-state index contributed by atoms with van der Waals surface area (Å²) < 4.78 is 5.32. The molecule has 0 aliphatic heterocycles. The molecule has 0 atom stereocenters. The Kier molecular flexibility index (Phi) is 4.71. The van der Waals surface area contributed by atoms with Crippen molar-refractivity contribution >= 4 is 16.8 Å². The minimum Gasteiger partial charge on any atom is -0.343 e. The summed E-state index contributed by atoms with van der Waals surface area (Å²) in [6, 6.07) is 9.69. The number of benzene rings is 1. The molecule has 0 radical (unpaired) electrons. The number of hydrogen-bond acceptors (Lipinski definition) is 6. The third-order valence-electron chi connectivity index (χ3n) is 5.45. The van der Waals surface area contributed by atoms with Crippen molar-refractivity contribution in [2.45, 2.75) is 39.2 Å². The van der Waals surface area contributed by atoms with Crippen molar-refractivity contribution < 1.29 is 9.32 Å². The van der Waals surface area contributed by atoms with Crippen molar-refractivity contribution in [1.29, 1.82) is 0 Å². The van der Waals surface area contributed by atoms with Gasteiger partial charge in [-0.3, -0.25) is 14.8 Å². The number of hydrogen-bond donors (Lipinski definition) is 1. The van der Waals surface area contributed by atoms with E-state index in [2.05, 4.69) is 20.4 Å². The minimum absolute atomic E-state index is 0.130. The minimum atomic E-state index is -0.130. The molecule has 5 rings (SSSR count). The maximum Gasteiger partial charge on any atom is 0.252 e. The van der Waals surface area contributed by atoms with Gasteiger partial charge in [-0.05, 0) is 62.4 Å². The monoisotopic (exact) mass is 399 g/mol. The highest BCUT2D eigenvalue weighted by Gasteiger charge is 2.23. The lowest BCUT2D eigenvalue weighted by Gasteiger charge is -2.20. The molecule has 1 N–H and O–H groups in total. The van der Waals surface area contributed by atoms with Gasteiger partial charge in [0.2, 0.25) is 11.7 Å². The topological polar surface area (TPSA) is 93.8 Å². The summed E-state index contributed by atoms with van der Waals surface area (Å²) in [7, 11) is 0. The first-order valence-corrected chi connectivity index (χ1v) is 10.1. The zero-order valence-corrected chi connectivity index (χ0v) is 16.7. The van der Waals surface area contributed by atoms with Gasteiger partial charge in [-0.25, -0.2) is 0 Å². The molecule has 4 aromatic rings. The van der Waals surface area contributed by atoms with E-state index in [1.807, 2.05) is 37.3 Å².